The Morgan fingerprint density at radius 2 is 1.74 bits per heavy atom. The fourth-order valence-corrected chi connectivity index (χ4v) is 3.37. The lowest BCUT2D eigenvalue weighted by molar-refractivity contribution is -0.115. The highest BCUT2D eigenvalue weighted by atomic mass is 32.2. The molecule has 6 heteroatoms. The van der Waals surface area contributed by atoms with Crippen LogP contribution in [0.1, 0.15) is 35.9 Å². The third-order valence-corrected chi connectivity index (χ3v) is 5.13. The van der Waals surface area contributed by atoms with E-state index in [1.54, 1.807) is 11.8 Å². The average Bonchev–Trinajstić information content (AvgIpc) is 3.10. The SMILES string of the molecule is CCc1ccc(Cc2nnc(NC(=O)CCSc3ccc(C)cc3)o2)cc1. The number of anilines is 1. The van der Waals surface area contributed by atoms with Gasteiger partial charge in [-0.1, -0.05) is 54.0 Å². The zero-order valence-corrected chi connectivity index (χ0v) is 16.4. The summed E-state index contributed by atoms with van der Waals surface area (Å²) in [4.78, 5) is 13.2. The van der Waals surface area contributed by atoms with Gasteiger partial charge in [0.1, 0.15) is 0 Å². The summed E-state index contributed by atoms with van der Waals surface area (Å²) in [5, 5.41) is 10.6. The Hall–Kier alpha value is -2.60. The van der Waals surface area contributed by atoms with E-state index in [9.17, 15) is 4.79 Å². The zero-order chi connectivity index (χ0) is 19.1. The van der Waals surface area contributed by atoms with Gasteiger partial charge in [0.05, 0.1) is 6.42 Å². The summed E-state index contributed by atoms with van der Waals surface area (Å²) in [6.07, 6.45) is 1.95. The van der Waals surface area contributed by atoms with Gasteiger partial charge in [0.25, 0.3) is 0 Å². The molecule has 0 atom stereocenters. The van der Waals surface area contributed by atoms with Crippen LogP contribution in [-0.4, -0.2) is 21.9 Å². The molecule has 1 aromatic heterocycles. The number of thioether (sulfide) groups is 1. The van der Waals surface area contributed by atoms with Crippen LogP contribution in [0.4, 0.5) is 6.01 Å². The van der Waals surface area contributed by atoms with E-state index in [4.69, 9.17) is 4.42 Å². The molecule has 0 saturated carbocycles. The smallest absolute Gasteiger partial charge is 0.322 e. The Morgan fingerprint density at radius 1 is 1.04 bits per heavy atom. The minimum Gasteiger partial charge on any atom is -0.407 e. The van der Waals surface area contributed by atoms with Crippen molar-refractivity contribution >= 4 is 23.7 Å². The van der Waals surface area contributed by atoms with Crippen LogP contribution in [-0.2, 0) is 17.6 Å². The maximum atomic E-state index is 12.0. The largest absolute Gasteiger partial charge is 0.407 e. The first-order chi connectivity index (χ1) is 13.1. The van der Waals surface area contributed by atoms with Crippen molar-refractivity contribution in [2.45, 2.75) is 38.0 Å². The number of hydrogen-bond donors (Lipinski definition) is 1. The second kappa shape index (κ2) is 9.37. The highest BCUT2D eigenvalue weighted by Crippen LogP contribution is 2.19. The van der Waals surface area contributed by atoms with Crippen LogP contribution in [0.25, 0.3) is 0 Å². The van der Waals surface area contributed by atoms with Gasteiger partial charge in [-0.05, 0) is 36.6 Å². The van der Waals surface area contributed by atoms with Crippen molar-refractivity contribution in [3.05, 3.63) is 71.1 Å². The zero-order valence-electron chi connectivity index (χ0n) is 15.6. The molecule has 0 aliphatic carbocycles. The number of nitrogens with zero attached hydrogens (tertiary/aromatic N) is 2. The van der Waals surface area contributed by atoms with E-state index in [0.29, 0.717) is 24.5 Å². The third kappa shape index (κ3) is 5.96. The van der Waals surface area contributed by atoms with Crippen LogP contribution < -0.4 is 5.32 Å². The summed E-state index contributed by atoms with van der Waals surface area (Å²) >= 11 is 1.65. The highest BCUT2D eigenvalue weighted by molar-refractivity contribution is 7.99. The van der Waals surface area contributed by atoms with Crippen molar-refractivity contribution in [1.82, 2.24) is 10.2 Å². The number of aromatic nitrogens is 2. The highest BCUT2D eigenvalue weighted by Gasteiger charge is 2.10. The van der Waals surface area contributed by atoms with Gasteiger partial charge in [-0.2, -0.15) is 0 Å². The molecule has 27 heavy (non-hydrogen) atoms. The number of nitrogens with one attached hydrogen (secondary N) is 1. The second-order valence-corrected chi connectivity index (χ2v) is 7.48. The van der Waals surface area contributed by atoms with Gasteiger partial charge in [0.2, 0.25) is 11.8 Å². The van der Waals surface area contributed by atoms with Crippen molar-refractivity contribution in [3.63, 3.8) is 0 Å². The van der Waals surface area contributed by atoms with E-state index >= 15 is 0 Å². The standard InChI is InChI=1S/C21H23N3O2S/c1-3-16-6-8-17(9-7-16)14-20-23-24-21(26-20)22-19(25)12-13-27-18-10-4-15(2)5-11-18/h4-11H,3,12-14H2,1-2H3,(H,22,24,25). The van der Waals surface area contributed by atoms with Gasteiger partial charge < -0.3 is 4.42 Å². The van der Waals surface area contributed by atoms with Gasteiger partial charge in [-0.3, -0.25) is 10.1 Å². The Bertz CT molecular complexity index is 873. The number of carbonyl (C=O) groups excluding carboxylic acids is 1. The minimum absolute atomic E-state index is 0.128. The molecule has 140 valence electrons. The first-order valence-electron chi connectivity index (χ1n) is 9.02. The number of amides is 1. The van der Waals surface area contributed by atoms with Crippen LogP contribution in [0, 0.1) is 6.92 Å². The van der Waals surface area contributed by atoms with E-state index in [-0.39, 0.29) is 11.9 Å². The predicted octanol–water partition coefficient (Wildman–Crippen LogP) is 4.65. The van der Waals surface area contributed by atoms with Gasteiger partial charge in [-0.15, -0.1) is 16.9 Å². The average molecular weight is 382 g/mol. The van der Waals surface area contributed by atoms with Gasteiger partial charge >= 0.3 is 6.01 Å². The topological polar surface area (TPSA) is 68.0 Å². The monoisotopic (exact) mass is 381 g/mol. The Morgan fingerprint density at radius 3 is 2.44 bits per heavy atom. The fourth-order valence-electron chi connectivity index (χ4n) is 2.52. The summed E-state index contributed by atoms with van der Waals surface area (Å²) in [5.41, 5.74) is 3.62. The molecule has 0 fully saturated rings. The molecule has 5 nitrogen and oxygen atoms in total. The molecule has 3 rings (SSSR count). The van der Waals surface area contributed by atoms with Crippen LogP contribution in [0.5, 0.6) is 0 Å². The van der Waals surface area contributed by atoms with Crippen molar-refractivity contribution in [2.75, 3.05) is 11.1 Å². The fraction of sp³-hybridized carbons (Fsp3) is 0.286. The maximum Gasteiger partial charge on any atom is 0.322 e. The molecule has 0 unspecified atom stereocenters. The second-order valence-electron chi connectivity index (χ2n) is 6.31. The maximum absolute atomic E-state index is 12.0. The number of hydrogen-bond acceptors (Lipinski definition) is 5. The summed E-state index contributed by atoms with van der Waals surface area (Å²) in [6, 6.07) is 16.7. The molecule has 1 amide bonds. The number of rotatable bonds is 8. The first-order valence-corrected chi connectivity index (χ1v) is 10.0. The number of carbonyl (C=O) groups is 1. The first kappa shape index (κ1) is 19.2. The quantitative estimate of drug-likeness (QED) is 0.575. The van der Waals surface area contributed by atoms with Crippen LogP contribution in [0.3, 0.4) is 0 Å². The van der Waals surface area contributed by atoms with Gasteiger partial charge in [0.15, 0.2) is 0 Å². The molecular weight excluding hydrogens is 358 g/mol. The lowest BCUT2D eigenvalue weighted by Gasteiger charge is -2.02. The lowest BCUT2D eigenvalue weighted by atomic mass is 10.1. The van der Waals surface area contributed by atoms with E-state index in [2.05, 4.69) is 77.9 Å². The number of aryl methyl sites for hydroxylation is 2. The molecule has 1 N–H and O–H groups in total. The summed E-state index contributed by atoms with van der Waals surface area (Å²) in [7, 11) is 0. The Kier molecular flexibility index (Phi) is 6.65. The predicted molar refractivity (Wildman–Crippen MR) is 108 cm³/mol. The van der Waals surface area contributed by atoms with Crippen LogP contribution in [0.15, 0.2) is 57.8 Å². The molecule has 0 bridgehead atoms. The molecule has 0 aliphatic heterocycles. The lowest BCUT2D eigenvalue weighted by Crippen LogP contribution is -2.12. The molecule has 0 aliphatic rings. The van der Waals surface area contributed by atoms with Gasteiger partial charge in [0, 0.05) is 17.1 Å². The van der Waals surface area contributed by atoms with Crippen molar-refractivity contribution in [1.29, 1.82) is 0 Å². The summed E-state index contributed by atoms with van der Waals surface area (Å²) in [5.74, 6) is 1.06. The minimum atomic E-state index is -0.128. The van der Waals surface area contributed by atoms with Gasteiger partial charge in [-0.25, -0.2) is 0 Å². The molecule has 1 heterocycles. The van der Waals surface area contributed by atoms with Crippen molar-refractivity contribution in [3.8, 4) is 0 Å². The summed E-state index contributed by atoms with van der Waals surface area (Å²) < 4.78 is 5.53. The molecule has 0 saturated heterocycles. The molecule has 0 radical (unpaired) electrons. The van der Waals surface area contributed by atoms with E-state index < -0.39 is 0 Å². The third-order valence-electron chi connectivity index (χ3n) is 4.12. The van der Waals surface area contributed by atoms with E-state index in [1.165, 1.54) is 11.1 Å². The molecule has 3 aromatic rings. The summed E-state index contributed by atoms with van der Waals surface area (Å²) in [6.45, 7) is 4.18. The van der Waals surface area contributed by atoms with E-state index in [0.717, 1.165) is 16.9 Å². The molecule has 2 aromatic carbocycles. The van der Waals surface area contributed by atoms with E-state index in [1.807, 2.05) is 0 Å². The van der Waals surface area contributed by atoms with Crippen LogP contribution in [0.2, 0.25) is 0 Å². The van der Waals surface area contributed by atoms with Crippen LogP contribution >= 0.6 is 11.8 Å². The Labute approximate surface area is 163 Å². The molecule has 0 spiro atoms. The normalized spacial score (nSPS) is 10.7. The molecular formula is C21H23N3O2S. The van der Waals surface area contributed by atoms with Crippen molar-refractivity contribution < 1.29 is 9.21 Å². The number of benzene rings is 2. The Balaban J connectivity index is 1.45. The van der Waals surface area contributed by atoms with Crippen molar-refractivity contribution in [2.24, 2.45) is 0 Å².